The van der Waals surface area contributed by atoms with Crippen LogP contribution >= 0.6 is 11.3 Å². The summed E-state index contributed by atoms with van der Waals surface area (Å²) in [5.41, 5.74) is 2.20. The molecule has 0 aliphatic heterocycles. The maximum Gasteiger partial charge on any atom is 0.225 e. The first kappa shape index (κ1) is 20.8. The standard InChI is InChI=1S/C21H27N5O3S/c1-3-22-21(29)14-10-16(19(28)18(14)27)26-11-24-17-15(6-7-23-20(17)26)25-12(2)9-13-5-4-8-30-13/h4-8,11-12,14,16,18-19,27-28H,3,9-10H2,1-2H3,(H,22,29)(H,23,25)/t12?,14-,16+,18+,19-/m0/s1. The molecule has 1 aliphatic rings. The topological polar surface area (TPSA) is 112 Å². The number of carbonyl (C=O) groups is 1. The largest absolute Gasteiger partial charge is 0.390 e. The van der Waals surface area contributed by atoms with E-state index in [0.717, 1.165) is 12.1 Å². The maximum absolute atomic E-state index is 12.3. The van der Waals surface area contributed by atoms with E-state index in [4.69, 9.17) is 0 Å². The summed E-state index contributed by atoms with van der Waals surface area (Å²) in [5, 5.41) is 29.3. The Morgan fingerprint density at radius 1 is 1.33 bits per heavy atom. The highest BCUT2D eigenvalue weighted by atomic mass is 32.1. The predicted molar refractivity (Wildman–Crippen MR) is 116 cm³/mol. The SMILES string of the molecule is CCNC(=O)[C@H]1C[C@@H](n2cnc3c(NC(C)Cc4cccs4)ccnc32)[C@H](O)[C@@H]1O. The predicted octanol–water partition coefficient (Wildman–Crippen LogP) is 1.95. The van der Waals surface area contributed by atoms with Crippen molar-refractivity contribution in [1.29, 1.82) is 0 Å². The zero-order valence-corrected chi connectivity index (χ0v) is 17.8. The van der Waals surface area contributed by atoms with Crippen LogP contribution in [0.5, 0.6) is 0 Å². The molecule has 0 radical (unpaired) electrons. The lowest BCUT2D eigenvalue weighted by molar-refractivity contribution is -0.128. The van der Waals surface area contributed by atoms with Gasteiger partial charge in [-0.25, -0.2) is 9.97 Å². The van der Waals surface area contributed by atoms with Gasteiger partial charge in [-0.1, -0.05) is 6.07 Å². The molecule has 9 heteroatoms. The number of fused-ring (bicyclic) bond motifs is 1. The van der Waals surface area contributed by atoms with Gasteiger partial charge in [0.2, 0.25) is 5.91 Å². The first-order valence-electron chi connectivity index (χ1n) is 10.2. The number of thiophene rings is 1. The van der Waals surface area contributed by atoms with Gasteiger partial charge in [-0.05, 0) is 37.8 Å². The molecule has 1 unspecified atom stereocenters. The third-order valence-electron chi connectivity index (χ3n) is 5.65. The molecule has 1 aliphatic carbocycles. The third-order valence-corrected chi connectivity index (χ3v) is 6.55. The van der Waals surface area contributed by atoms with Gasteiger partial charge in [0.05, 0.1) is 30.1 Å². The Hall–Kier alpha value is -2.49. The molecule has 0 spiro atoms. The summed E-state index contributed by atoms with van der Waals surface area (Å²) in [6, 6.07) is 5.80. The van der Waals surface area contributed by atoms with Crippen molar-refractivity contribution in [1.82, 2.24) is 19.9 Å². The minimum Gasteiger partial charge on any atom is -0.390 e. The van der Waals surface area contributed by atoms with Crippen molar-refractivity contribution in [2.45, 2.75) is 51.0 Å². The van der Waals surface area contributed by atoms with Gasteiger partial charge in [-0.15, -0.1) is 11.3 Å². The molecule has 1 saturated carbocycles. The van der Waals surface area contributed by atoms with Crippen LogP contribution in [0.15, 0.2) is 36.1 Å². The summed E-state index contributed by atoms with van der Waals surface area (Å²) in [6.07, 6.45) is 2.39. The van der Waals surface area contributed by atoms with E-state index in [1.165, 1.54) is 4.88 Å². The average Bonchev–Trinajstić information content (AvgIpc) is 3.44. The lowest BCUT2D eigenvalue weighted by Crippen LogP contribution is -2.38. The number of pyridine rings is 1. The number of anilines is 1. The fourth-order valence-electron chi connectivity index (χ4n) is 4.19. The lowest BCUT2D eigenvalue weighted by Gasteiger charge is -2.18. The molecule has 4 N–H and O–H groups in total. The molecule has 4 rings (SSSR count). The number of nitrogens with zero attached hydrogens (tertiary/aromatic N) is 3. The molecule has 0 aromatic carbocycles. The van der Waals surface area contributed by atoms with E-state index >= 15 is 0 Å². The number of aliphatic hydroxyl groups is 2. The molecule has 3 aromatic rings. The molecule has 3 heterocycles. The van der Waals surface area contributed by atoms with E-state index in [-0.39, 0.29) is 11.9 Å². The highest BCUT2D eigenvalue weighted by molar-refractivity contribution is 7.09. The van der Waals surface area contributed by atoms with E-state index < -0.39 is 24.2 Å². The fraction of sp³-hybridized carbons (Fsp3) is 0.476. The van der Waals surface area contributed by atoms with Crippen molar-refractivity contribution in [3.05, 3.63) is 41.0 Å². The number of aliphatic hydroxyl groups excluding tert-OH is 2. The number of rotatable bonds is 7. The number of imidazole rings is 1. The highest BCUT2D eigenvalue weighted by Gasteiger charge is 2.46. The first-order valence-corrected chi connectivity index (χ1v) is 11.1. The Kier molecular flexibility index (Phi) is 6.03. The van der Waals surface area contributed by atoms with Crippen LogP contribution < -0.4 is 10.6 Å². The molecule has 1 amide bonds. The lowest BCUT2D eigenvalue weighted by atomic mass is 10.0. The zero-order chi connectivity index (χ0) is 21.3. The average molecular weight is 430 g/mol. The van der Waals surface area contributed by atoms with E-state index in [1.807, 2.05) is 19.1 Å². The number of carbonyl (C=O) groups excluding carboxylic acids is 1. The summed E-state index contributed by atoms with van der Waals surface area (Å²) < 4.78 is 1.78. The number of nitrogens with one attached hydrogen (secondary N) is 2. The molecule has 160 valence electrons. The summed E-state index contributed by atoms with van der Waals surface area (Å²) in [5.74, 6) is -0.900. The monoisotopic (exact) mass is 429 g/mol. The minimum atomic E-state index is -1.12. The molecule has 0 bridgehead atoms. The molecule has 3 aromatic heterocycles. The van der Waals surface area contributed by atoms with Crippen molar-refractivity contribution in [2.75, 3.05) is 11.9 Å². The summed E-state index contributed by atoms with van der Waals surface area (Å²) in [6.45, 7) is 4.43. The zero-order valence-electron chi connectivity index (χ0n) is 17.0. The number of hydrogen-bond donors (Lipinski definition) is 4. The second-order valence-electron chi connectivity index (χ2n) is 7.80. The van der Waals surface area contributed by atoms with Crippen molar-refractivity contribution < 1.29 is 15.0 Å². The minimum absolute atomic E-state index is 0.209. The summed E-state index contributed by atoms with van der Waals surface area (Å²) in [4.78, 5) is 22.6. The van der Waals surface area contributed by atoms with Crippen LogP contribution in [0.2, 0.25) is 0 Å². The van der Waals surface area contributed by atoms with E-state index in [0.29, 0.717) is 24.1 Å². The van der Waals surface area contributed by atoms with Crippen LogP contribution in [0.4, 0.5) is 5.69 Å². The molecule has 30 heavy (non-hydrogen) atoms. The second-order valence-corrected chi connectivity index (χ2v) is 8.83. The Bertz CT molecular complexity index is 1010. The smallest absolute Gasteiger partial charge is 0.225 e. The number of amides is 1. The van der Waals surface area contributed by atoms with Crippen LogP contribution in [-0.4, -0.2) is 55.4 Å². The van der Waals surface area contributed by atoms with Crippen LogP contribution in [0.3, 0.4) is 0 Å². The van der Waals surface area contributed by atoms with Gasteiger partial charge in [0.15, 0.2) is 5.65 Å². The number of aromatic nitrogens is 3. The Labute approximate surface area is 179 Å². The van der Waals surface area contributed by atoms with Crippen LogP contribution in [0, 0.1) is 5.92 Å². The van der Waals surface area contributed by atoms with Gasteiger partial charge in [0.1, 0.15) is 11.6 Å². The molecule has 8 nitrogen and oxygen atoms in total. The third kappa shape index (κ3) is 3.92. The van der Waals surface area contributed by atoms with Gasteiger partial charge >= 0.3 is 0 Å². The molecule has 1 fully saturated rings. The highest BCUT2D eigenvalue weighted by Crippen LogP contribution is 2.37. The Morgan fingerprint density at radius 2 is 2.17 bits per heavy atom. The molecular formula is C21H27N5O3S. The molecule has 0 saturated heterocycles. The van der Waals surface area contributed by atoms with Crippen molar-refractivity contribution in [3.63, 3.8) is 0 Å². The second kappa shape index (κ2) is 8.71. The van der Waals surface area contributed by atoms with Crippen molar-refractivity contribution in [2.24, 2.45) is 5.92 Å². The van der Waals surface area contributed by atoms with Gasteiger partial charge in [0, 0.05) is 30.1 Å². The van der Waals surface area contributed by atoms with Gasteiger partial charge in [-0.3, -0.25) is 4.79 Å². The normalized spacial score (nSPS) is 24.8. The number of hydrogen-bond acceptors (Lipinski definition) is 7. The van der Waals surface area contributed by atoms with Gasteiger partial charge in [0.25, 0.3) is 0 Å². The van der Waals surface area contributed by atoms with Gasteiger partial charge in [-0.2, -0.15) is 0 Å². The first-order chi connectivity index (χ1) is 14.5. The molecular weight excluding hydrogens is 402 g/mol. The van der Waals surface area contributed by atoms with Crippen LogP contribution in [-0.2, 0) is 11.2 Å². The Morgan fingerprint density at radius 3 is 2.90 bits per heavy atom. The van der Waals surface area contributed by atoms with E-state index in [1.54, 1.807) is 28.4 Å². The molecule has 5 atom stereocenters. The van der Waals surface area contributed by atoms with Gasteiger partial charge < -0.3 is 25.4 Å². The quantitative estimate of drug-likeness (QED) is 0.457. The summed E-state index contributed by atoms with van der Waals surface area (Å²) in [7, 11) is 0. The van der Waals surface area contributed by atoms with Crippen molar-refractivity contribution in [3.8, 4) is 0 Å². The van der Waals surface area contributed by atoms with Crippen LogP contribution in [0.1, 0.15) is 31.2 Å². The van der Waals surface area contributed by atoms with Crippen LogP contribution in [0.25, 0.3) is 11.2 Å². The van der Waals surface area contributed by atoms with Crippen molar-refractivity contribution >= 4 is 34.1 Å². The van der Waals surface area contributed by atoms with E-state index in [9.17, 15) is 15.0 Å². The fourth-order valence-corrected chi connectivity index (χ4v) is 5.03. The Balaban J connectivity index is 1.56. The summed E-state index contributed by atoms with van der Waals surface area (Å²) >= 11 is 1.74. The maximum atomic E-state index is 12.3. The van der Waals surface area contributed by atoms with E-state index in [2.05, 4.69) is 39.0 Å².